The number of carboxylic acid groups (broad SMARTS) is 2. The van der Waals surface area contributed by atoms with E-state index in [1.54, 1.807) is 6.08 Å². The van der Waals surface area contributed by atoms with E-state index in [1.165, 1.54) is 0 Å². The Hall–Kier alpha value is -2.44. The smallest absolute Gasteiger partial charge is 0.304 e. The zero-order valence-electron chi connectivity index (χ0n) is 19.5. The first-order valence-corrected chi connectivity index (χ1v) is 12.1. The first kappa shape index (κ1) is 22.4. The highest BCUT2D eigenvalue weighted by molar-refractivity contribution is 6.07. The third-order valence-electron chi connectivity index (χ3n) is 10.3. The van der Waals surface area contributed by atoms with Crippen LogP contribution >= 0.6 is 0 Å². The van der Waals surface area contributed by atoms with E-state index in [1.807, 2.05) is 6.92 Å². The Kier molecular flexibility index (Phi) is 4.76. The number of rotatable bonds is 6. The number of ether oxygens (including phenoxy) is 1. The molecule has 3 fully saturated rings. The van der Waals surface area contributed by atoms with Crippen molar-refractivity contribution in [2.24, 2.45) is 39.9 Å². The van der Waals surface area contributed by atoms with Gasteiger partial charge >= 0.3 is 11.9 Å². The number of hydrogen-bond donors (Lipinski definition) is 2. The van der Waals surface area contributed by atoms with Crippen LogP contribution in [0.15, 0.2) is 23.2 Å². The van der Waals surface area contributed by atoms with E-state index in [0.717, 1.165) is 37.0 Å². The van der Waals surface area contributed by atoms with Crippen molar-refractivity contribution in [2.45, 2.75) is 72.1 Å². The van der Waals surface area contributed by atoms with Crippen molar-refractivity contribution in [3.63, 3.8) is 0 Å². The van der Waals surface area contributed by atoms with Gasteiger partial charge in [-0.1, -0.05) is 19.4 Å². The average molecular weight is 457 g/mol. The summed E-state index contributed by atoms with van der Waals surface area (Å²) in [5.41, 5.74) is -0.689. The van der Waals surface area contributed by atoms with Crippen LogP contribution in [0.25, 0.3) is 0 Å². The fourth-order valence-corrected chi connectivity index (χ4v) is 8.77. The summed E-state index contributed by atoms with van der Waals surface area (Å²) < 4.78 is 5.70. The summed E-state index contributed by atoms with van der Waals surface area (Å²) in [7, 11) is 0. The Morgan fingerprint density at radius 2 is 1.82 bits per heavy atom. The largest absolute Gasteiger partial charge is 0.481 e. The number of fused-ring (bicyclic) bond motifs is 6. The number of carbonyl (C=O) groups is 4. The Morgan fingerprint density at radius 3 is 2.48 bits per heavy atom. The molecule has 0 radical (unpaired) electrons. The summed E-state index contributed by atoms with van der Waals surface area (Å²) in [4.78, 5) is 49.1. The minimum absolute atomic E-state index is 0.0319. The molecular weight excluding hydrogens is 424 g/mol. The second kappa shape index (κ2) is 7.03. The van der Waals surface area contributed by atoms with Crippen LogP contribution in [0.4, 0.5) is 0 Å². The van der Waals surface area contributed by atoms with Crippen LogP contribution in [0.5, 0.6) is 0 Å². The molecular formula is C26H32O7. The van der Waals surface area contributed by atoms with Crippen molar-refractivity contribution < 1.29 is 34.1 Å². The molecule has 0 saturated heterocycles. The molecule has 0 aromatic carbocycles. The van der Waals surface area contributed by atoms with Gasteiger partial charge in [0.2, 0.25) is 11.5 Å². The number of carboxylic acids is 2. The molecule has 1 heterocycles. The van der Waals surface area contributed by atoms with Gasteiger partial charge in [-0.25, -0.2) is 0 Å². The van der Waals surface area contributed by atoms with E-state index < -0.39 is 22.8 Å². The van der Waals surface area contributed by atoms with Crippen molar-refractivity contribution in [1.82, 2.24) is 0 Å². The van der Waals surface area contributed by atoms with Gasteiger partial charge in [0.1, 0.15) is 5.78 Å². The molecule has 7 nitrogen and oxygen atoms in total. The van der Waals surface area contributed by atoms with E-state index >= 15 is 0 Å². The molecule has 4 aliphatic carbocycles. The quantitative estimate of drug-likeness (QED) is 0.616. The van der Waals surface area contributed by atoms with Crippen molar-refractivity contribution in [2.75, 3.05) is 0 Å². The molecule has 5 aliphatic rings. The highest BCUT2D eigenvalue weighted by atomic mass is 16.6. The monoisotopic (exact) mass is 456 g/mol. The predicted octanol–water partition coefficient (Wildman–Crippen LogP) is 4.12. The van der Waals surface area contributed by atoms with Crippen LogP contribution < -0.4 is 0 Å². The van der Waals surface area contributed by atoms with Gasteiger partial charge in [-0.15, -0.1) is 0 Å². The summed E-state index contributed by atoms with van der Waals surface area (Å²) >= 11 is 0. The normalized spacial score (nSPS) is 42.9. The molecule has 0 amide bonds. The second-order valence-electron chi connectivity index (χ2n) is 11.4. The fourth-order valence-electron chi connectivity index (χ4n) is 8.77. The molecule has 1 aliphatic heterocycles. The van der Waals surface area contributed by atoms with Crippen molar-refractivity contribution in [3.8, 4) is 0 Å². The number of ketones is 2. The fraction of sp³-hybridized carbons (Fsp3) is 0.692. The number of hydrogen-bond acceptors (Lipinski definition) is 5. The van der Waals surface area contributed by atoms with Crippen LogP contribution in [-0.2, 0) is 23.9 Å². The van der Waals surface area contributed by atoms with Crippen LogP contribution in [0.3, 0.4) is 0 Å². The maximum Gasteiger partial charge on any atom is 0.304 e. The standard InChI is InChI=1S/C26H32O7/c1-13-10-17-15-5-4-14-11-18(27)22-23(33-22)25(14,3)16(15)8-9-24(17,2)26(13,12-21(31)32)19(28)6-7-20(29)30/h11,13,15-17H,4-10,12H2,1-3H3,(H,29,30)(H,31,32)/t13-,15+,16-,17-,24-,25-,26+/m0/s1. The molecule has 33 heavy (non-hydrogen) atoms. The molecule has 7 heteroatoms. The van der Waals surface area contributed by atoms with Gasteiger partial charge in [0.05, 0.1) is 18.3 Å². The van der Waals surface area contributed by atoms with E-state index in [-0.39, 0.29) is 54.0 Å². The maximum atomic E-state index is 13.6. The van der Waals surface area contributed by atoms with E-state index in [9.17, 15) is 24.3 Å². The van der Waals surface area contributed by atoms with Crippen LogP contribution in [0.2, 0.25) is 0 Å². The Morgan fingerprint density at radius 1 is 1.09 bits per heavy atom. The van der Waals surface area contributed by atoms with E-state index in [4.69, 9.17) is 9.84 Å². The Labute approximate surface area is 193 Å². The lowest BCUT2D eigenvalue weighted by molar-refractivity contribution is -0.159. The SMILES string of the molecule is C[C@H]1C[C@H]2[C@@H]3CCC4=CC(=O)C5=C(O5)[C@]4(C)[C@H]3CC[C@]2(C)[C@@]1(CC(=O)O)C(=O)CCC(=O)O. The highest BCUT2D eigenvalue weighted by Gasteiger charge is 2.70. The van der Waals surface area contributed by atoms with Gasteiger partial charge in [-0.05, 0) is 74.2 Å². The van der Waals surface area contributed by atoms with Gasteiger partial charge < -0.3 is 14.9 Å². The molecule has 178 valence electrons. The number of carbonyl (C=O) groups excluding carboxylic acids is 2. The summed E-state index contributed by atoms with van der Waals surface area (Å²) in [6.45, 7) is 6.27. The summed E-state index contributed by atoms with van der Waals surface area (Å²) in [5, 5.41) is 19.0. The summed E-state index contributed by atoms with van der Waals surface area (Å²) in [6.07, 6.45) is 5.17. The van der Waals surface area contributed by atoms with Crippen LogP contribution in [0.1, 0.15) is 72.1 Å². The topological polar surface area (TPSA) is 121 Å². The first-order chi connectivity index (χ1) is 15.5. The molecule has 5 rings (SSSR count). The third-order valence-corrected chi connectivity index (χ3v) is 10.3. The van der Waals surface area contributed by atoms with Gasteiger partial charge in [-0.2, -0.15) is 0 Å². The van der Waals surface area contributed by atoms with E-state index in [0.29, 0.717) is 18.1 Å². The molecule has 7 atom stereocenters. The van der Waals surface area contributed by atoms with Gasteiger partial charge in [-0.3, -0.25) is 19.2 Å². The lowest BCUT2D eigenvalue weighted by Gasteiger charge is -2.58. The Balaban J connectivity index is 1.53. The van der Waals surface area contributed by atoms with Crippen LogP contribution in [-0.4, -0.2) is 33.7 Å². The predicted molar refractivity (Wildman–Crippen MR) is 117 cm³/mol. The lowest BCUT2D eigenvalue weighted by Crippen LogP contribution is -2.55. The zero-order chi connectivity index (χ0) is 23.9. The highest BCUT2D eigenvalue weighted by Crippen LogP contribution is 2.73. The average Bonchev–Trinajstić information content (AvgIpc) is 3.52. The molecule has 0 unspecified atom stereocenters. The Bertz CT molecular complexity index is 1040. The third kappa shape index (κ3) is 2.80. The van der Waals surface area contributed by atoms with Crippen molar-refractivity contribution in [3.05, 3.63) is 23.2 Å². The number of aliphatic carboxylic acids is 2. The minimum Gasteiger partial charge on any atom is -0.481 e. The molecule has 3 saturated carbocycles. The maximum absolute atomic E-state index is 13.6. The lowest BCUT2D eigenvalue weighted by atomic mass is 9.44. The zero-order valence-corrected chi connectivity index (χ0v) is 19.5. The van der Waals surface area contributed by atoms with E-state index in [2.05, 4.69) is 13.8 Å². The van der Waals surface area contributed by atoms with Gasteiger partial charge in [0.15, 0.2) is 5.76 Å². The van der Waals surface area contributed by atoms with Gasteiger partial charge in [0.25, 0.3) is 0 Å². The molecule has 0 aromatic rings. The molecule has 0 aromatic heterocycles. The summed E-state index contributed by atoms with van der Waals surface area (Å²) in [5.74, 6) is -0.304. The molecule has 2 N–H and O–H groups in total. The second-order valence-corrected chi connectivity index (χ2v) is 11.4. The minimum atomic E-state index is -1.05. The number of Topliss-reactive ketones (excluding diaryl/α,β-unsaturated/α-hetero) is 1. The molecule has 0 bridgehead atoms. The van der Waals surface area contributed by atoms with Gasteiger partial charge in [0, 0.05) is 11.8 Å². The summed E-state index contributed by atoms with van der Waals surface area (Å²) in [6, 6.07) is 0. The van der Waals surface area contributed by atoms with Crippen molar-refractivity contribution >= 4 is 23.5 Å². The first-order valence-electron chi connectivity index (χ1n) is 12.1. The molecule has 0 spiro atoms. The number of allylic oxidation sites excluding steroid dienone is 2. The van der Waals surface area contributed by atoms with Crippen molar-refractivity contribution in [1.29, 1.82) is 0 Å². The van der Waals surface area contributed by atoms with Crippen LogP contribution in [0, 0.1) is 39.9 Å².